The van der Waals surface area contributed by atoms with Gasteiger partial charge in [0.1, 0.15) is 17.5 Å². The van der Waals surface area contributed by atoms with Crippen molar-refractivity contribution in [3.05, 3.63) is 96.1 Å². The normalized spacial score (nSPS) is 14.3. The lowest BCUT2D eigenvalue weighted by Crippen LogP contribution is -2.47. The topological polar surface area (TPSA) is 32.3 Å². The van der Waals surface area contributed by atoms with E-state index in [1.54, 1.807) is 0 Å². The monoisotopic (exact) mass is 398 g/mol. The van der Waals surface area contributed by atoms with Gasteiger partial charge in [0, 0.05) is 43.7 Å². The molecule has 5 rings (SSSR count). The molecule has 1 aliphatic rings. The molecule has 0 bridgehead atoms. The Bertz CT molecular complexity index is 1140. The van der Waals surface area contributed by atoms with E-state index >= 15 is 0 Å². The van der Waals surface area contributed by atoms with Crippen LogP contribution in [0.25, 0.3) is 10.9 Å². The Hall–Kier alpha value is -3.47. The van der Waals surface area contributed by atoms with Gasteiger partial charge in [0.25, 0.3) is 0 Å². The second kappa shape index (κ2) is 8.11. The van der Waals surface area contributed by atoms with Gasteiger partial charge in [-0.2, -0.15) is 0 Å². The average molecular weight is 398 g/mol. The van der Waals surface area contributed by atoms with Crippen molar-refractivity contribution in [3.8, 4) is 0 Å². The summed E-state index contributed by atoms with van der Waals surface area (Å²) < 4.78 is 13.2. The van der Waals surface area contributed by atoms with Crippen molar-refractivity contribution in [2.24, 2.45) is 0 Å². The molecular formula is C25H23FN4. The zero-order valence-electron chi connectivity index (χ0n) is 16.7. The molecule has 0 aliphatic carbocycles. The van der Waals surface area contributed by atoms with Crippen molar-refractivity contribution in [2.45, 2.75) is 6.42 Å². The minimum Gasteiger partial charge on any atom is -0.368 e. The minimum atomic E-state index is -0.198. The molecule has 0 unspecified atom stereocenters. The Morgan fingerprint density at radius 1 is 0.700 bits per heavy atom. The molecule has 0 radical (unpaired) electrons. The first-order valence-corrected chi connectivity index (χ1v) is 10.3. The largest absolute Gasteiger partial charge is 0.368 e. The predicted octanol–water partition coefficient (Wildman–Crippen LogP) is 4.69. The molecule has 1 fully saturated rings. The van der Waals surface area contributed by atoms with Crippen LogP contribution in [0.3, 0.4) is 0 Å². The maximum Gasteiger partial charge on any atom is 0.140 e. The molecule has 5 heteroatoms. The number of hydrogen-bond donors (Lipinski definition) is 0. The second-order valence-electron chi connectivity index (χ2n) is 7.59. The minimum absolute atomic E-state index is 0.198. The van der Waals surface area contributed by atoms with Gasteiger partial charge in [0.15, 0.2) is 0 Å². The smallest absolute Gasteiger partial charge is 0.140 e. The van der Waals surface area contributed by atoms with E-state index in [4.69, 9.17) is 9.97 Å². The van der Waals surface area contributed by atoms with E-state index in [2.05, 4.69) is 34.1 Å². The van der Waals surface area contributed by atoms with E-state index < -0.39 is 0 Å². The second-order valence-corrected chi connectivity index (χ2v) is 7.59. The number of anilines is 2. The summed E-state index contributed by atoms with van der Waals surface area (Å²) >= 11 is 0. The molecule has 1 aliphatic heterocycles. The van der Waals surface area contributed by atoms with Gasteiger partial charge in [-0.3, -0.25) is 0 Å². The van der Waals surface area contributed by atoms with E-state index in [0.29, 0.717) is 6.42 Å². The SMILES string of the molecule is Fc1ccc(N2CCN(c3nc(Cc4ccccc4)nc4ccccc34)CC2)cc1. The van der Waals surface area contributed by atoms with Crippen LogP contribution in [0, 0.1) is 5.82 Å². The van der Waals surface area contributed by atoms with Crippen molar-refractivity contribution >= 4 is 22.4 Å². The quantitative estimate of drug-likeness (QED) is 0.499. The van der Waals surface area contributed by atoms with Crippen LogP contribution in [-0.4, -0.2) is 36.1 Å². The molecule has 30 heavy (non-hydrogen) atoms. The zero-order valence-corrected chi connectivity index (χ0v) is 16.7. The molecule has 3 aromatic carbocycles. The van der Waals surface area contributed by atoms with Crippen molar-refractivity contribution in [3.63, 3.8) is 0 Å². The van der Waals surface area contributed by atoms with Crippen LogP contribution >= 0.6 is 0 Å². The van der Waals surface area contributed by atoms with E-state index in [-0.39, 0.29) is 5.82 Å². The summed E-state index contributed by atoms with van der Waals surface area (Å²) in [5, 5.41) is 1.09. The molecule has 0 atom stereocenters. The van der Waals surface area contributed by atoms with Gasteiger partial charge in [-0.05, 0) is 42.0 Å². The van der Waals surface area contributed by atoms with Crippen LogP contribution < -0.4 is 9.80 Å². The highest BCUT2D eigenvalue weighted by Crippen LogP contribution is 2.27. The van der Waals surface area contributed by atoms with Gasteiger partial charge in [-0.1, -0.05) is 42.5 Å². The van der Waals surface area contributed by atoms with E-state index in [1.165, 1.54) is 17.7 Å². The summed E-state index contributed by atoms with van der Waals surface area (Å²) in [6.45, 7) is 3.47. The zero-order chi connectivity index (χ0) is 20.3. The van der Waals surface area contributed by atoms with Crippen LogP contribution in [0.4, 0.5) is 15.9 Å². The third-order valence-electron chi connectivity index (χ3n) is 5.61. The van der Waals surface area contributed by atoms with Crippen molar-refractivity contribution < 1.29 is 4.39 Å². The highest BCUT2D eigenvalue weighted by molar-refractivity contribution is 5.89. The number of para-hydroxylation sites is 1. The van der Waals surface area contributed by atoms with Crippen LogP contribution in [-0.2, 0) is 6.42 Å². The molecule has 150 valence electrons. The van der Waals surface area contributed by atoms with Crippen LogP contribution in [0.5, 0.6) is 0 Å². The first kappa shape index (κ1) is 18.6. The van der Waals surface area contributed by atoms with Gasteiger partial charge >= 0.3 is 0 Å². The third-order valence-corrected chi connectivity index (χ3v) is 5.61. The van der Waals surface area contributed by atoms with Crippen molar-refractivity contribution in [2.75, 3.05) is 36.0 Å². The fraction of sp³-hybridized carbons (Fsp3) is 0.200. The number of fused-ring (bicyclic) bond motifs is 1. The summed E-state index contributed by atoms with van der Waals surface area (Å²) in [7, 11) is 0. The highest BCUT2D eigenvalue weighted by atomic mass is 19.1. The maximum atomic E-state index is 13.2. The molecule has 0 amide bonds. The molecule has 0 N–H and O–H groups in total. The Morgan fingerprint density at radius 2 is 1.37 bits per heavy atom. The first-order chi connectivity index (χ1) is 14.8. The summed E-state index contributed by atoms with van der Waals surface area (Å²) in [5.74, 6) is 1.65. The lowest BCUT2D eigenvalue weighted by atomic mass is 10.1. The molecule has 4 nitrogen and oxygen atoms in total. The fourth-order valence-corrected chi connectivity index (χ4v) is 4.03. The number of nitrogens with zero attached hydrogens (tertiary/aromatic N) is 4. The number of benzene rings is 3. The Balaban J connectivity index is 1.41. The van der Waals surface area contributed by atoms with E-state index in [9.17, 15) is 4.39 Å². The predicted molar refractivity (Wildman–Crippen MR) is 120 cm³/mol. The number of halogens is 1. The summed E-state index contributed by atoms with van der Waals surface area (Å²) in [6.07, 6.45) is 0.716. The standard InChI is InChI=1S/C25H23FN4/c26-20-10-12-21(13-11-20)29-14-16-30(17-15-29)25-22-8-4-5-9-23(22)27-24(28-25)18-19-6-2-1-3-7-19/h1-13H,14-18H2. The van der Waals surface area contributed by atoms with Crippen LogP contribution in [0.1, 0.15) is 11.4 Å². The fourth-order valence-electron chi connectivity index (χ4n) is 4.03. The van der Waals surface area contributed by atoms with Crippen LogP contribution in [0.2, 0.25) is 0 Å². The highest BCUT2D eigenvalue weighted by Gasteiger charge is 2.21. The Labute approximate surface area is 175 Å². The number of hydrogen-bond acceptors (Lipinski definition) is 4. The molecule has 0 spiro atoms. The molecular weight excluding hydrogens is 375 g/mol. The van der Waals surface area contributed by atoms with Gasteiger partial charge in [0.2, 0.25) is 0 Å². The molecule has 1 saturated heterocycles. The number of piperazine rings is 1. The Morgan fingerprint density at radius 3 is 2.13 bits per heavy atom. The third kappa shape index (κ3) is 3.83. The molecule has 1 aromatic heterocycles. The Kier molecular flexibility index (Phi) is 5.01. The number of rotatable bonds is 4. The number of aromatic nitrogens is 2. The van der Waals surface area contributed by atoms with Crippen LogP contribution in [0.15, 0.2) is 78.9 Å². The van der Waals surface area contributed by atoms with Gasteiger partial charge in [-0.25, -0.2) is 14.4 Å². The van der Waals surface area contributed by atoms with E-state index in [1.807, 2.05) is 42.5 Å². The molecule has 4 aromatic rings. The molecule has 2 heterocycles. The summed E-state index contributed by atoms with van der Waals surface area (Å²) in [4.78, 5) is 14.4. The lowest BCUT2D eigenvalue weighted by molar-refractivity contribution is 0.624. The van der Waals surface area contributed by atoms with Crippen molar-refractivity contribution in [1.82, 2.24) is 9.97 Å². The summed E-state index contributed by atoms with van der Waals surface area (Å²) in [6, 6.07) is 25.3. The summed E-state index contributed by atoms with van der Waals surface area (Å²) in [5.41, 5.74) is 3.25. The average Bonchev–Trinajstić information content (AvgIpc) is 2.80. The van der Waals surface area contributed by atoms with Gasteiger partial charge < -0.3 is 9.80 Å². The lowest BCUT2D eigenvalue weighted by Gasteiger charge is -2.37. The first-order valence-electron chi connectivity index (χ1n) is 10.3. The van der Waals surface area contributed by atoms with Gasteiger partial charge in [0.05, 0.1) is 5.52 Å². The molecule has 0 saturated carbocycles. The van der Waals surface area contributed by atoms with Gasteiger partial charge in [-0.15, -0.1) is 0 Å². The maximum absolute atomic E-state index is 13.2. The van der Waals surface area contributed by atoms with Crippen molar-refractivity contribution in [1.29, 1.82) is 0 Å². The van der Waals surface area contributed by atoms with E-state index in [0.717, 1.165) is 54.4 Å².